The maximum absolute atomic E-state index is 4.69. The first-order valence-electron chi connectivity index (χ1n) is 8.94. The Morgan fingerprint density at radius 2 is 1.21 bits per heavy atom. The monoisotopic (exact) mass is 266 g/mol. The summed E-state index contributed by atoms with van der Waals surface area (Å²) in [5, 5.41) is 4.69. The number of hydrogen-bond donors (Lipinski definition) is 0. The molecule has 0 aromatic heterocycles. The normalized spacial score (nSPS) is 18.0. The Morgan fingerprint density at radius 1 is 0.737 bits per heavy atom. The Kier molecular flexibility index (Phi) is 9.59. The first kappa shape index (κ1) is 17.0. The van der Waals surface area contributed by atoms with E-state index in [1.807, 2.05) is 7.05 Å². The van der Waals surface area contributed by atoms with E-state index < -0.39 is 0 Å². The van der Waals surface area contributed by atoms with Gasteiger partial charge in [0, 0.05) is 12.6 Å². The summed E-state index contributed by atoms with van der Waals surface area (Å²) < 4.78 is 0. The molecule has 0 heterocycles. The van der Waals surface area contributed by atoms with Crippen LogP contribution in [0.25, 0.3) is 0 Å². The maximum Gasteiger partial charge on any atom is 0.0353 e. The second-order valence-corrected chi connectivity index (χ2v) is 6.59. The van der Waals surface area contributed by atoms with Crippen molar-refractivity contribution >= 4 is 0 Å². The van der Waals surface area contributed by atoms with Crippen LogP contribution in [0.4, 0.5) is 0 Å². The van der Waals surface area contributed by atoms with Crippen LogP contribution in [0.3, 0.4) is 0 Å². The minimum atomic E-state index is 0.403. The molecule has 1 saturated carbocycles. The van der Waals surface area contributed by atoms with E-state index in [-0.39, 0.29) is 0 Å². The van der Waals surface area contributed by atoms with Crippen LogP contribution in [0.5, 0.6) is 0 Å². The highest BCUT2D eigenvalue weighted by atomic mass is 14.9. The quantitative estimate of drug-likeness (QED) is 0.394. The van der Waals surface area contributed by atoms with Crippen LogP contribution in [0.2, 0.25) is 0 Å². The minimum absolute atomic E-state index is 0.403. The Morgan fingerprint density at radius 3 is 1.68 bits per heavy atom. The van der Waals surface area contributed by atoms with Crippen LogP contribution in [0.1, 0.15) is 103 Å². The van der Waals surface area contributed by atoms with Crippen molar-refractivity contribution < 1.29 is 0 Å². The van der Waals surface area contributed by atoms with Crippen molar-refractivity contribution in [2.45, 2.75) is 109 Å². The number of unbranched alkanes of at least 4 members (excludes halogenated alkanes) is 9. The van der Waals surface area contributed by atoms with Gasteiger partial charge in [0.25, 0.3) is 0 Å². The van der Waals surface area contributed by atoms with E-state index in [1.54, 1.807) is 0 Å². The number of rotatable bonds is 12. The van der Waals surface area contributed by atoms with Crippen LogP contribution in [0, 0.1) is 0 Å². The van der Waals surface area contributed by atoms with E-state index in [4.69, 9.17) is 5.32 Å². The largest absolute Gasteiger partial charge is 0.238 e. The lowest BCUT2D eigenvalue weighted by Crippen LogP contribution is -2.34. The van der Waals surface area contributed by atoms with Crippen molar-refractivity contribution in [1.82, 2.24) is 5.32 Å². The highest BCUT2D eigenvalue weighted by Gasteiger charge is 2.32. The lowest BCUT2D eigenvalue weighted by molar-refractivity contribution is 0.313. The van der Waals surface area contributed by atoms with Gasteiger partial charge in [0.1, 0.15) is 0 Å². The molecular formula is C18H36N. The van der Waals surface area contributed by atoms with Crippen LogP contribution in [-0.4, -0.2) is 12.6 Å². The summed E-state index contributed by atoms with van der Waals surface area (Å²) in [4.78, 5) is 0. The smallest absolute Gasteiger partial charge is 0.0353 e. The van der Waals surface area contributed by atoms with Gasteiger partial charge in [-0.1, -0.05) is 84.0 Å². The Labute approximate surface area is 121 Å². The molecule has 0 amide bonds. The van der Waals surface area contributed by atoms with Crippen LogP contribution < -0.4 is 5.32 Å². The Balaban J connectivity index is 1.85. The average Bonchev–Trinajstić information content (AvgIpc) is 2.90. The van der Waals surface area contributed by atoms with Gasteiger partial charge in [0.05, 0.1) is 0 Å². The van der Waals surface area contributed by atoms with E-state index in [1.165, 1.54) is 96.3 Å². The summed E-state index contributed by atoms with van der Waals surface area (Å²) in [6.07, 6.45) is 21.3. The van der Waals surface area contributed by atoms with Crippen molar-refractivity contribution in [2.75, 3.05) is 7.05 Å². The molecule has 1 rings (SSSR count). The molecule has 1 aliphatic rings. The van der Waals surface area contributed by atoms with Gasteiger partial charge in [-0.3, -0.25) is 0 Å². The summed E-state index contributed by atoms with van der Waals surface area (Å²) in [7, 11) is 2.04. The highest BCUT2D eigenvalue weighted by molar-refractivity contribution is 4.90. The molecule has 0 N–H and O–H groups in total. The molecule has 1 heteroatoms. The molecule has 113 valence electrons. The average molecular weight is 266 g/mol. The molecule has 0 aromatic carbocycles. The second kappa shape index (κ2) is 10.7. The fourth-order valence-corrected chi connectivity index (χ4v) is 3.56. The molecule has 19 heavy (non-hydrogen) atoms. The topological polar surface area (TPSA) is 14.1 Å². The van der Waals surface area contributed by atoms with E-state index in [9.17, 15) is 0 Å². The SMILES string of the molecule is CCCCCCCCCCCCC1([N]C)CCCC1. The van der Waals surface area contributed by atoms with Crippen molar-refractivity contribution in [3.8, 4) is 0 Å². The fourth-order valence-electron chi connectivity index (χ4n) is 3.56. The molecule has 1 aliphatic carbocycles. The summed E-state index contributed by atoms with van der Waals surface area (Å²) >= 11 is 0. The van der Waals surface area contributed by atoms with Gasteiger partial charge in [-0.2, -0.15) is 0 Å². The zero-order chi connectivity index (χ0) is 13.8. The van der Waals surface area contributed by atoms with Crippen molar-refractivity contribution in [1.29, 1.82) is 0 Å². The van der Waals surface area contributed by atoms with E-state index in [0.29, 0.717) is 5.54 Å². The summed E-state index contributed by atoms with van der Waals surface area (Å²) in [6.45, 7) is 2.29. The molecule has 1 fully saturated rings. The third-order valence-electron chi connectivity index (χ3n) is 5.00. The highest BCUT2D eigenvalue weighted by Crippen LogP contribution is 2.34. The van der Waals surface area contributed by atoms with Gasteiger partial charge < -0.3 is 0 Å². The van der Waals surface area contributed by atoms with Gasteiger partial charge >= 0.3 is 0 Å². The minimum Gasteiger partial charge on any atom is -0.238 e. The van der Waals surface area contributed by atoms with Crippen LogP contribution in [0.15, 0.2) is 0 Å². The summed E-state index contributed by atoms with van der Waals surface area (Å²) in [6, 6.07) is 0. The molecule has 0 aliphatic heterocycles. The van der Waals surface area contributed by atoms with Crippen LogP contribution in [-0.2, 0) is 0 Å². The summed E-state index contributed by atoms with van der Waals surface area (Å²) in [5.41, 5.74) is 0.403. The van der Waals surface area contributed by atoms with E-state index >= 15 is 0 Å². The lowest BCUT2D eigenvalue weighted by atomic mass is 9.90. The third kappa shape index (κ3) is 7.34. The lowest BCUT2D eigenvalue weighted by Gasteiger charge is -2.26. The molecule has 0 bridgehead atoms. The second-order valence-electron chi connectivity index (χ2n) is 6.59. The van der Waals surface area contributed by atoms with E-state index in [0.717, 1.165) is 0 Å². The Hall–Kier alpha value is -0.0400. The molecule has 0 spiro atoms. The molecule has 1 radical (unpaired) electrons. The van der Waals surface area contributed by atoms with Gasteiger partial charge in [-0.25, -0.2) is 5.32 Å². The van der Waals surface area contributed by atoms with Crippen molar-refractivity contribution in [3.63, 3.8) is 0 Å². The first-order chi connectivity index (χ1) is 9.33. The van der Waals surface area contributed by atoms with Crippen LogP contribution >= 0.6 is 0 Å². The summed E-state index contributed by atoms with van der Waals surface area (Å²) in [5.74, 6) is 0. The molecule has 0 aromatic rings. The number of nitrogens with zero attached hydrogens (tertiary/aromatic N) is 1. The molecule has 0 atom stereocenters. The van der Waals surface area contributed by atoms with Gasteiger partial charge in [-0.05, 0) is 19.3 Å². The predicted molar refractivity (Wildman–Crippen MR) is 85.7 cm³/mol. The molecule has 1 nitrogen and oxygen atoms in total. The zero-order valence-electron chi connectivity index (χ0n) is 13.6. The Bertz CT molecular complexity index is 194. The first-order valence-corrected chi connectivity index (χ1v) is 8.94. The van der Waals surface area contributed by atoms with Crippen molar-refractivity contribution in [3.05, 3.63) is 0 Å². The molecular weight excluding hydrogens is 230 g/mol. The predicted octanol–water partition coefficient (Wildman–Crippen LogP) is 5.84. The maximum atomic E-state index is 4.69. The number of hydrogen-bond acceptors (Lipinski definition) is 0. The standard InChI is InChI=1S/C18H36N/c1-3-4-5-6-7-8-9-10-11-12-15-18(19-2)16-13-14-17-18/h3-17H2,1-2H3. The van der Waals surface area contributed by atoms with Gasteiger partial charge in [-0.15, -0.1) is 0 Å². The molecule has 0 unspecified atom stereocenters. The van der Waals surface area contributed by atoms with E-state index in [2.05, 4.69) is 6.92 Å². The third-order valence-corrected chi connectivity index (χ3v) is 5.00. The van der Waals surface area contributed by atoms with Gasteiger partial charge in [0.2, 0.25) is 0 Å². The molecule has 0 saturated heterocycles. The van der Waals surface area contributed by atoms with Gasteiger partial charge in [0.15, 0.2) is 0 Å². The zero-order valence-corrected chi connectivity index (χ0v) is 13.6. The van der Waals surface area contributed by atoms with Crippen molar-refractivity contribution in [2.24, 2.45) is 0 Å². The fraction of sp³-hybridized carbons (Fsp3) is 1.00.